The van der Waals surface area contributed by atoms with Gasteiger partial charge in [0.1, 0.15) is 8.07 Å². The monoisotopic (exact) mass is 307 g/mol. The Balaban J connectivity index is 2.01. The van der Waals surface area contributed by atoms with E-state index >= 15 is 0 Å². The van der Waals surface area contributed by atoms with Gasteiger partial charge in [0.2, 0.25) is 0 Å². The summed E-state index contributed by atoms with van der Waals surface area (Å²) >= 11 is 0. The van der Waals surface area contributed by atoms with E-state index in [-0.39, 0.29) is 6.10 Å². The van der Waals surface area contributed by atoms with Crippen LogP contribution in [0.25, 0.3) is 0 Å². The molecule has 0 radical (unpaired) electrons. The van der Waals surface area contributed by atoms with Crippen molar-refractivity contribution in [1.29, 1.82) is 0 Å². The minimum atomic E-state index is -1.58. The smallest absolute Gasteiger partial charge is 0.160 e. The first-order chi connectivity index (χ1) is 10.1. The minimum Gasteiger partial charge on any atom is -0.493 e. The lowest BCUT2D eigenvalue weighted by Crippen LogP contribution is -2.60. The molecule has 3 rings (SSSR count). The zero-order valence-corrected chi connectivity index (χ0v) is 14.1. The van der Waals surface area contributed by atoms with Gasteiger partial charge in [0.05, 0.1) is 20.3 Å². The van der Waals surface area contributed by atoms with Gasteiger partial charge in [-0.15, -0.1) is 0 Å². The van der Waals surface area contributed by atoms with Gasteiger partial charge in [-0.1, -0.05) is 11.3 Å². The highest BCUT2D eigenvalue weighted by atomic mass is 28.3. The van der Waals surface area contributed by atoms with Crippen molar-refractivity contribution in [1.82, 2.24) is 4.90 Å². The van der Waals surface area contributed by atoms with E-state index in [4.69, 9.17) is 9.47 Å². The number of benzene rings is 1. The summed E-state index contributed by atoms with van der Waals surface area (Å²) in [5.41, 5.74) is 0.555. The van der Waals surface area contributed by atoms with Crippen LogP contribution in [-0.2, 0) is 0 Å². The fourth-order valence-corrected chi connectivity index (χ4v) is 10.3. The van der Waals surface area contributed by atoms with Crippen LogP contribution < -0.4 is 14.7 Å². The molecular weight excluding hydrogens is 282 g/mol. The summed E-state index contributed by atoms with van der Waals surface area (Å²) in [7, 11) is 4.00. The molecule has 1 N–H and O–H groups in total. The van der Waals surface area contributed by atoms with E-state index in [1.54, 1.807) is 14.2 Å². The summed E-state index contributed by atoms with van der Waals surface area (Å²) in [5.74, 6) is 1.63. The van der Waals surface area contributed by atoms with E-state index < -0.39 is 8.07 Å². The predicted molar refractivity (Wildman–Crippen MR) is 86.2 cm³/mol. The summed E-state index contributed by atoms with van der Waals surface area (Å²) in [6.07, 6.45) is 1.75. The number of hydrogen-bond donors (Lipinski definition) is 1. The van der Waals surface area contributed by atoms with Crippen molar-refractivity contribution in [3.63, 3.8) is 0 Å². The molecule has 0 amide bonds. The van der Waals surface area contributed by atoms with Crippen LogP contribution in [0.4, 0.5) is 0 Å². The predicted octanol–water partition coefficient (Wildman–Crippen LogP) is 1.37. The molecule has 4 nitrogen and oxygen atoms in total. The Labute approximate surface area is 127 Å². The Morgan fingerprint density at radius 2 is 1.95 bits per heavy atom. The maximum Gasteiger partial charge on any atom is 0.160 e. The van der Waals surface area contributed by atoms with Gasteiger partial charge in [-0.3, -0.25) is 0 Å². The number of fused-ring (bicyclic) bond motifs is 1. The second-order valence-corrected chi connectivity index (χ2v) is 11.0. The van der Waals surface area contributed by atoms with Crippen LogP contribution in [0.3, 0.4) is 0 Å². The number of rotatable bonds is 3. The molecule has 0 saturated carbocycles. The van der Waals surface area contributed by atoms with Gasteiger partial charge in [0.25, 0.3) is 0 Å². The van der Waals surface area contributed by atoms with Crippen LogP contribution in [0, 0.1) is 0 Å². The maximum absolute atomic E-state index is 10.1. The lowest BCUT2D eigenvalue weighted by atomic mass is 10.2. The first-order valence-electron chi connectivity index (χ1n) is 7.71. The highest BCUT2D eigenvalue weighted by molar-refractivity contribution is 6.93. The van der Waals surface area contributed by atoms with Crippen LogP contribution in [0.2, 0.25) is 12.1 Å². The summed E-state index contributed by atoms with van der Waals surface area (Å²) in [5, 5.41) is 11.5. The van der Waals surface area contributed by atoms with E-state index in [0.29, 0.717) is 5.67 Å². The Bertz CT molecular complexity index is 524. The number of aliphatic hydroxyl groups is 1. The third-order valence-electron chi connectivity index (χ3n) is 5.46. The molecule has 2 heterocycles. The van der Waals surface area contributed by atoms with Crippen molar-refractivity contribution in [2.24, 2.45) is 0 Å². The third-order valence-corrected chi connectivity index (χ3v) is 11.2. The van der Waals surface area contributed by atoms with E-state index in [1.165, 1.54) is 17.3 Å². The summed E-state index contributed by atoms with van der Waals surface area (Å²) in [6, 6.07) is 8.93. The van der Waals surface area contributed by atoms with Crippen LogP contribution in [0.15, 0.2) is 18.2 Å². The fourth-order valence-electron chi connectivity index (χ4n) is 4.24. The average Bonchev–Trinajstić information content (AvgIpc) is 2.85. The van der Waals surface area contributed by atoms with E-state index in [2.05, 4.69) is 24.1 Å². The molecule has 2 aliphatic heterocycles. The molecule has 21 heavy (non-hydrogen) atoms. The van der Waals surface area contributed by atoms with E-state index in [1.807, 2.05) is 6.07 Å². The number of aliphatic hydroxyl groups excluding tert-OH is 1. The van der Waals surface area contributed by atoms with E-state index in [0.717, 1.165) is 30.9 Å². The highest BCUT2D eigenvalue weighted by Crippen LogP contribution is 2.39. The molecule has 1 aromatic rings. The SMILES string of the molecule is COc1ccc([Si@@]23CC[C@@H](O)C[C@@H]2N(C)CC3)cc1OC. The van der Waals surface area contributed by atoms with Gasteiger partial charge in [-0.2, -0.15) is 0 Å². The van der Waals surface area contributed by atoms with Crippen LogP contribution >= 0.6 is 0 Å². The quantitative estimate of drug-likeness (QED) is 0.857. The topological polar surface area (TPSA) is 41.9 Å². The molecule has 0 bridgehead atoms. The van der Waals surface area contributed by atoms with Crippen molar-refractivity contribution in [3.8, 4) is 11.5 Å². The average molecular weight is 307 g/mol. The van der Waals surface area contributed by atoms with Gasteiger partial charge in [0.15, 0.2) is 11.5 Å². The fraction of sp³-hybridized carbons (Fsp3) is 0.625. The molecule has 0 aromatic heterocycles. The zero-order chi connectivity index (χ0) is 15.0. The van der Waals surface area contributed by atoms with Gasteiger partial charge in [-0.25, -0.2) is 0 Å². The lowest BCUT2D eigenvalue weighted by Gasteiger charge is -2.41. The standard InChI is InChI=1S/C16H25NO3Si/c1-17-7-9-21(8-6-12(18)10-16(17)21)13-4-5-14(19-2)15(11-13)20-3/h4-5,11-12,16,18H,6-10H2,1-3H3/t12-,16-,21+/m1/s1. The number of hydrogen-bond acceptors (Lipinski definition) is 4. The van der Waals surface area contributed by atoms with Gasteiger partial charge in [-0.05, 0) is 50.7 Å². The Morgan fingerprint density at radius 3 is 2.67 bits per heavy atom. The van der Waals surface area contributed by atoms with E-state index in [9.17, 15) is 5.11 Å². The summed E-state index contributed by atoms with van der Waals surface area (Å²) in [4.78, 5) is 2.46. The van der Waals surface area contributed by atoms with Crippen LogP contribution in [-0.4, -0.2) is 57.7 Å². The second-order valence-electron chi connectivity index (χ2n) is 6.40. The number of nitrogens with zero attached hydrogens (tertiary/aromatic N) is 1. The zero-order valence-electron chi connectivity index (χ0n) is 13.1. The number of methoxy groups -OCH3 is 2. The molecule has 2 fully saturated rings. The molecule has 2 aliphatic rings. The Kier molecular flexibility index (Phi) is 3.99. The van der Waals surface area contributed by atoms with Crippen LogP contribution in [0.1, 0.15) is 12.8 Å². The highest BCUT2D eigenvalue weighted by Gasteiger charge is 2.52. The molecule has 3 atom stereocenters. The Morgan fingerprint density at radius 1 is 1.19 bits per heavy atom. The number of ether oxygens (including phenoxy) is 2. The third kappa shape index (κ3) is 2.37. The van der Waals surface area contributed by atoms with Gasteiger partial charge < -0.3 is 19.5 Å². The molecular formula is C16H25NO3Si. The van der Waals surface area contributed by atoms with Crippen molar-refractivity contribution in [3.05, 3.63) is 18.2 Å². The molecule has 1 aromatic carbocycles. The largest absolute Gasteiger partial charge is 0.493 e. The van der Waals surface area contributed by atoms with Crippen molar-refractivity contribution in [2.75, 3.05) is 27.8 Å². The molecule has 5 heteroatoms. The van der Waals surface area contributed by atoms with Gasteiger partial charge >= 0.3 is 0 Å². The van der Waals surface area contributed by atoms with Crippen LogP contribution in [0.5, 0.6) is 11.5 Å². The summed E-state index contributed by atoms with van der Waals surface area (Å²) in [6.45, 7) is 1.15. The first kappa shape index (κ1) is 14.9. The first-order valence-corrected chi connectivity index (χ1v) is 10.2. The second kappa shape index (κ2) is 5.63. The van der Waals surface area contributed by atoms with Crippen molar-refractivity contribution >= 4 is 13.3 Å². The Hall–Kier alpha value is -1.04. The molecule has 0 spiro atoms. The maximum atomic E-state index is 10.1. The molecule has 2 saturated heterocycles. The molecule has 116 valence electrons. The normalized spacial score (nSPS) is 32.8. The minimum absolute atomic E-state index is 0.128. The van der Waals surface area contributed by atoms with Gasteiger partial charge in [0, 0.05) is 5.67 Å². The van der Waals surface area contributed by atoms with Crippen molar-refractivity contribution in [2.45, 2.75) is 36.7 Å². The lowest BCUT2D eigenvalue weighted by molar-refractivity contribution is 0.129. The molecule has 0 aliphatic carbocycles. The van der Waals surface area contributed by atoms with Crippen molar-refractivity contribution < 1.29 is 14.6 Å². The summed E-state index contributed by atoms with van der Waals surface area (Å²) < 4.78 is 10.9. The molecule has 0 unspecified atom stereocenters.